The first-order valence-corrected chi connectivity index (χ1v) is 7.97. The molecule has 0 spiro atoms. The zero-order valence-electron chi connectivity index (χ0n) is 14.0. The van der Waals surface area contributed by atoms with E-state index in [9.17, 15) is 19.5 Å². The Hall–Kier alpha value is -3.35. The molecule has 0 aliphatic rings. The fourth-order valence-electron chi connectivity index (χ4n) is 2.15. The molecule has 3 N–H and O–H groups in total. The number of carbonyl (C=O) groups excluding carboxylic acids is 2. The fourth-order valence-corrected chi connectivity index (χ4v) is 2.15. The van der Waals surface area contributed by atoms with Crippen molar-refractivity contribution in [3.05, 3.63) is 71.8 Å². The van der Waals surface area contributed by atoms with Crippen LogP contribution in [-0.4, -0.2) is 35.7 Å². The number of carboxylic acid groups (broad SMARTS) is 1. The largest absolute Gasteiger partial charge is 0.480 e. The van der Waals surface area contributed by atoms with E-state index in [1.165, 1.54) is 0 Å². The molecule has 0 heterocycles. The maximum atomic E-state index is 11.9. The highest BCUT2D eigenvalue weighted by Gasteiger charge is 2.20. The van der Waals surface area contributed by atoms with Crippen LogP contribution in [0.5, 0.6) is 0 Å². The monoisotopic (exact) mass is 355 g/mol. The summed E-state index contributed by atoms with van der Waals surface area (Å²) in [4.78, 5) is 34.8. The van der Waals surface area contributed by atoms with Crippen LogP contribution < -0.4 is 10.6 Å². The first kappa shape index (κ1) is 19.0. The summed E-state index contributed by atoms with van der Waals surface area (Å²) in [5.41, 5.74) is 1.48. The number of ether oxygens (including phenoxy) is 1. The predicted octanol–water partition coefficient (Wildman–Crippen LogP) is 1.53. The number of aliphatic carboxylic acids is 1. The lowest BCUT2D eigenvalue weighted by Gasteiger charge is -2.15. The minimum atomic E-state index is -1.16. The van der Waals surface area contributed by atoms with Crippen molar-refractivity contribution in [3.63, 3.8) is 0 Å². The van der Waals surface area contributed by atoms with Crippen LogP contribution in [0.4, 0.5) is 4.79 Å². The Kier molecular flexibility index (Phi) is 7.17. The van der Waals surface area contributed by atoms with Crippen LogP contribution in [0, 0.1) is 6.07 Å². The van der Waals surface area contributed by atoms with E-state index in [1.54, 1.807) is 36.4 Å². The first-order valence-electron chi connectivity index (χ1n) is 7.97. The molecule has 135 valence electrons. The smallest absolute Gasteiger partial charge is 0.407 e. The Morgan fingerprint density at radius 1 is 1.08 bits per heavy atom. The Morgan fingerprint density at radius 3 is 2.46 bits per heavy atom. The quantitative estimate of drug-likeness (QED) is 0.666. The van der Waals surface area contributed by atoms with Crippen molar-refractivity contribution in [3.8, 4) is 0 Å². The van der Waals surface area contributed by atoms with E-state index in [2.05, 4.69) is 16.7 Å². The number of hydrogen-bond acceptors (Lipinski definition) is 4. The third-order valence-electron chi connectivity index (χ3n) is 3.44. The number of benzene rings is 2. The minimum Gasteiger partial charge on any atom is -0.480 e. The number of nitrogens with one attached hydrogen (secondary N) is 2. The molecule has 1 atom stereocenters. The predicted molar refractivity (Wildman–Crippen MR) is 93.2 cm³/mol. The topological polar surface area (TPSA) is 105 Å². The molecule has 0 aliphatic carbocycles. The van der Waals surface area contributed by atoms with Gasteiger partial charge in [0.1, 0.15) is 19.2 Å². The molecule has 2 amide bonds. The van der Waals surface area contributed by atoms with Gasteiger partial charge in [-0.25, -0.2) is 9.59 Å². The number of rotatable bonds is 8. The van der Waals surface area contributed by atoms with Gasteiger partial charge in [0.2, 0.25) is 5.91 Å². The molecule has 0 fully saturated rings. The number of alkyl carbamates (subject to hydrolysis) is 1. The Bertz CT molecular complexity index is 734. The van der Waals surface area contributed by atoms with Gasteiger partial charge in [0.15, 0.2) is 0 Å². The van der Waals surface area contributed by atoms with Gasteiger partial charge in [-0.1, -0.05) is 54.6 Å². The lowest BCUT2D eigenvalue weighted by atomic mass is 10.1. The van der Waals surface area contributed by atoms with Crippen LogP contribution in [-0.2, 0) is 27.4 Å². The number of hydrogen-bond donors (Lipinski definition) is 3. The van der Waals surface area contributed by atoms with Crippen LogP contribution in [0.15, 0.2) is 54.6 Å². The van der Waals surface area contributed by atoms with Crippen LogP contribution in [0.25, 0.3) is 0 Å². The second-order valence-electron chi connectivity index (χ2n) is 5.47. The summed E-state index contributed by atoms with van der Waals surface area (Å²) in [6, 6.07) is 17.8. The van der Waals surface area contributed by atoms with E-state index in [0.29, 0.717) is 5.56 Å². The molecule has 7 nitrogen and oxygen atoms in total. The van der Waals surface area contributed by atoms with Gasteiger partial charge in [-0.3, -0.25) is 4.79 Å². The Labute approximate surface area is 151 Å². The van der Waals surface area contributed by atoms with Crippen LogP contribution >= 0.6 is 0 Å². The molecule has 0 aromatic heterocycles. The van der Waals surface area contributed by atoms with E-state index >= 15 is 0 Å². The van der Waals surface area contributed by atoms with Crippen LogP contribution in [0.1, 0.15) is 11.1 Å². The summed E-state index contributed by atoms with van der Waals surface area (Å²) in [6.07, 6.45) is -0.660. The highest BCUT2D eigenvalue weighted by Crippen LogP contribution is 2.03. The summed E-state index contributed by atoms with van der Waals surface area (Å²) < 4.78 is 4.98. The van der Waals surface area contributed by atoms with E-state index in [-0.39, 0.29) is 19.6 Å². The molecule has 2 aromatic rings. The van der Waals surface area contributed by atoms with Gasteiger partial charge in [-0.05, 0) is 17.2 Å². The molecule has 7 heteroatoms. The second kappa shape index (κ2) is 9.83. The van der Waals surface area contributed by atoms with Gasteiger partial charge in [0.25, 0.3) is 0 Å². The average Bonchev–Trinajstić information content (AvgIpc) is 2.66. The zero-order chi connectivity index (χ0) is 18.8. The molecule has 0 bridgehead atoms. The number of carboxylic acids is 1. The van der Waals surface area contributed by atoms with Gasteiger partial charge in [-0.2, -0.15) is 0 Å². The van der Waals surface area contributed by atoms with Crippen molar-refractivity contribution in [1.82, 2.24) is 10.6 Å². The molecule has 2 aromatic carbocycles. The van der Waals surface area contributed by atoms with Crippen molar-refractivity contribution in [2.45, 2.75) is 19.1 Å². The fraction of sp³-hybridized carbons (Fsp3) is 0.211. The third kappa shape index (κ3) is 6.64. The summed E-state index contributed by atoms with van der Waals surface area (Å²) in [5, 5.41) is 13.9. The minimum absolute atomic E-state index is 0.0793. The molecule has 0 aliphatic heterocycles. The van der Waals surface area contributed by atoms with Gasteiger partial charge < -0.3 is 20.5 Å². The summed E-state index contributed by atoms with van der Waals surface area (Å²) >= 11 is 0. The number of amides is 2. The zero-order valence-corrected chi connectivity index (χ0v) is 14.0. The molecule has 26 heavy (non-hydrogen) atoms. The molecular formula is C19H19N2O5. The molecule has 0 saturated heterocycles. The normalized spacial score (nSPS) is 11.2. The lowest BCUT2D eigenvalue weighted by molar-refractivity contribution is -0.141. The van der Waals surface area contributed by atoms with E-state index in [1.807, 2.05) is 18.2 Å². The maximum absolute atomic E-state index is 11.9. The Morgan fingerprint density at radius 2 is 1.81 bits per heavy atom. The van der Waals surface area contributed by atoms with Crippen LogP contribution in [0.3, 0.4) is 0 Å². The van der Waals surface area contributed by atoms with Crippen LogP contribution in [0.2, 0.25) is 0 Å². The van der Waals surface area contributed by atoms with E-state index in [0.717, 1.165) is 5.56 Å². The highest BCUT2D eigenvalue weighted by atomic mass is 16.5. The standard InChI is InChI=1S/C19H19N2O5/c22-17(12-20-19(25)26-13-15-9-5-2-6-10-15)21-16(18(23)24)11-14-7-3-1-4-8-14/h1-7,9-10,16H,11-13H2,(H,20,25)(H,21,22)(H,23,24). The third-order valence-corrected chi connectivity index (χ3v) is 3.44. The first-order chi connectivity index (χ1) is 12.5. The highest BCUT2D eigenvalue weighted by molar-refractivity contribution is 5.86. The molecule has 2 rings (SSSR count). The Balaban J connectivity index is 1.75. The van der Waals surface area contributed by atoms with E-state index < -0.39 is 24.0 Å². The van der Waals surface area contributed by atoms with Gasteiger partial charge >= 0.3 is 12.1 Å². The maximum Gasteiger partial charge on any atom is 0.407 e. The summed E-state index contributed by atoms with van der Waals surface area (Å²) in [6.45, 7) is -0.300. The molecule has 1 radical (unpaired) electrons. The second-order valence-corrected chi connectivity index (χ2v) is 5.47. The molecule has 1 unspecified atom stereocenters. The van der Waals surface area contributed by atoms with Gasteiger partial charge in [0, 0.05) is 6.42 Å². The SMILES string of the molecule is O=C(CNC(=O)OCc1ccccc1)NC(Cc1[c]cccc1)C(=O)O. The molecule has 0 saturated carbocycles. The van der Waals surface area contributed by atoms with Crippen molar-refractivity contribution >= 4 is 18.0 Å². The van der Waals surface area contributed by atoms with Crippen molar-refractivity contribution in [1.29, 1.82) is 0 Å². The molecular weight excluding hydrogens is 336 g/mol. The van der Waals surface area contributed by atoms with Crippen molar-refractivity contribution in [2.75, 3.05) is 6.54 Å². The average molecular weight is 355 g/mol. The van der Waals surface area contributed by atoms with E-state index in [4.69, 9.17) is 4.74 Å². The lowest BCUT2D eigenvalue weighted by Crippen LogP contribution is -2.46. The number of carbonyl (C=O) groups is 3. The van der Waals surface area contributed by atoms with Gasteiger partial charge in [0.05, 0.1) is 0 Å². The summed E-state index contributed by atoms with van der Waals surface area (Å²) in [5.74, 6) is -1.78. The summed E-state index contributed by atoms with van der Waals surface area (Å²) in [7, 11) is 0. The van der Waals surface area contributed by atoms with Gasteiger partial charge in [-0.15, -0.1) is 0 Å². The van der Waals surface area contributed by atoms with Crippen molar-refractivity contribution in [2.24, 2.45) is 0 Å². The van der Waals surface area contributed by atoms with Crippen molar-refractivity contribution < 1.29 is 24.2 Å².